The van der Waals surface area contributed by atoms with Gasteiger partial charge < -0.3 is 20.1 Å². The third-order valence-electron chi connectivity index (χ3n) is 4.31. The molecule has 9 nitrogen and oxygen atoms in total. The summed E-state index contributed by atoms with van der Waals surface area (Å²) in [6.07, 6.45) is 0.721. The van der Waals surface area contributed by atoms with Gasteiger partial charge in [0.2, 0.25) is 21.8 Å². The highest BCUT2D eigenvalue weighted by Crippen LogP contribution is 2.37. The first-order chi connectivity index (χ1) is 14.7. The third kappa shape index (κ3) is 5.87. The first kappa shape index (κ1) is 22.9. The van der Waals surface area contributed by atoms with Gasteiger partial charge in [0, 0.05) is 31.2 Å². The molecule has 166 valence electrons. The molecular weight excluding hydrogens is 446 g/mol. The number of anilines is 2. The fourth-order valence-corrected chi connectivity index (χ4v) is 4.20. The van der Waals surface area contributed by atoms with Crippen LogP contribution < -0.4 is 24.8 Å². The molecule has 0 saturated heterocycles. The van der Waals surface area contributed by atoms with E-state index in [0.717, 1.165) is 6.42 Å². The van der Waals surface area contributed by atoms with Crippen LogP contribution in [0.5, 0.6) is 11.5 Å². The van der Waals surface area contributed by atoms with Crippen LogP contribution in [0, 0.1) is 0 Å². The second kappa shape index (κ2) is 9.54. The summed E-state index contributed by atoms with van der Waals surface area (Å²) in [5, 5.41) is 5.39. The van der Waals surface area contributed by atoms with Gasteiger partial charge >= 0.3 is 0 Å². The number of carbonyl (C=O) groups is 2. The zero-order valence-corrected chi connectivity index (χ0v) is 18.5. The van der Waals surface area contributed by atoms with Crippen molar-refractivity contribution in [2.45, 2.75) is 31.2 Å². The Bertz CT molecular complexity index is 1090. The molecule has 1 aliphatic heterocycles. The number of benzene rings is 2. The van der Waals surface area contributed by atoms with Crippen LogP contribution in [0.2, 0.25) is 5.02 Å². The summed E-state index contributed by atoms with van der Waals surface area (Å²) in [5.41, 5.74) is 0.739. The summed E-state index contributed by atoms with van der Waals surface area (Å²) >= 11 is 6.22. The number of halogens is 1. The molecule has 31 heavy (non-hydrogen) atoms. The lowest BCUT2D eigenvalue weighted by molar-refractivity contribution is -0.117. The predicted molar refractivity (Wildman–Crippen MR) is 116 cm³/mol. The van der Waals surface area contributed by atoms with Crippen LogP contribution in [0.3, 0.4) is 0 Å². The van der Waals surface area contributed by atoms with Gasteiger partial charge in [-0.2, -0.15) is 4.72 Å². The molecule has 0 fully saturated rings. The maximum atomic E-state index is 12.6. The number of carbonyl (C=O) groups excluding carboxylic acids is 2. The zero-order valence-electron chi connectivity index (χ0n) is 16.9. The lowest BCUT2D eigenvalue weighted by Gasteiger charge is -2.16. The summed E-state index contributed by atoms with van der Waals surface area (Å²) in [5.74, 6) is 0.0592. The Labute approximate surface area is 185 Å². The minimum Gasteiger partial charge on any atom is -0.490 e. The number of fused-ring (bicyclic) bond motifs is 1. The Morgan fingerprint density at radius 3 is 2.26 bits per heavy atom. The molecule has 2 aromatic carbocycles. The molecule has 0 bridgehead atoms. The maximum absolute atomic E-state index is 12.6. The summed E-state index contributed by atoms with van der Waals surface area (Å²) in [4.78, 5) is 23.6. The van der Waals surface area contributed by atoms with Gasteiger partial charge in [-0.1, -0.05) is 11.6 Å². The molecule has 3 N–H and O–H groups in total. The number of sulfonamides is 1. The van der Waals surface area contributed by atoms with Crippen LogP contribution >= 0.6 is 11.6 Å². The van der Waals surface area contributed by atoms with Crippen LogP contribution in [0.1, 0.15) is 20.3 Å². The molecule has 0 radical (unpaired) electrons. The van der Waals surface area contributed by atoms with Crippen molar-refractivity contribution in [1.29, 1.82) is 0 Å². The highest BCUT2D eigenvalue weighted by molar-refractivity contribution is 7.89. The van der Waals surface area contributed by atoms with E-state index in [1.54, 1.807) is 12.1 Å². The van der Waals surface area contributed by atoms with Crippen molar-refractivity contribution in [3.05, 3.63) is 41.4 Å². The first-order valence-electron chi connectivity index (χ1n) is 9.46. The molecule has 0 aromatic heterocycles. The first-order valence-corrected chi connectivity index (χ1v) is 11.3. The van der Waals surface area contributed by atoms with Crippen molar-refractivity contribution in [1.82, 2.24) is 4.72 Å². The Morgan fingerprint density at radius 2 is 1.65 bits per heavy atom. The standard InChI is InChI=1S/C20H22ClN3O6S/c1-12(24-31(27,28)15-6-4-14(5-7-15)22-13(2)25)20(26)23-17-11-19-18(10-16(17)21)29-8-3-9-30-19/h4-7,10-12,24H,3,8-9H2,1-2H3,(H,22,25)(H,23,26)/t12-/m0/s1. The number of nitrogens with one attached hydrogen (secondary N) is 3. The predicted octanol–water partition coefficient (Wildman–Crippen LogP) is 2.77. The highest BCUT2D eigenvalue weighted by Gasteiger charge is 2.23. The van der Waals surface area contributed by atoms with Crippen LogP contribution in [-0.4, -0.2) is 39.5 Å². The van der Waals surface area contributed by atoms with Gasteiger partial charge in [0.05, 0.1) is 34.9 Å². The highest BCUT2D eigenvalue weighted by atomic mass is 35.5. The molecule has 0 saturated carbocycles. The van der Waals surface area contributed by atoms with Crippen LogP contribution in [-0.2, 0) is 19.6 Å². The number of hydrogen-bond acceptors (Lipinski definition) is 6. The molecule has 1 heterocycles. The van der Waals surface area contributed by atoms with Crippen LogP contribution in [0.4, 0.5) is 11.4 Å². The van der Waals surface area contributed by atoms with Crippen molar-refractivity contribution in [2.75, 3.05) is 23.8 Å². The average Bonchev–Trinajstić information content (AvgIpc) is 2.92. The van der Waals surface area contributed by atoms with Crippen LogP contribution in [0.25, 0.3) is 0 Å². The molecule has 3 rings (SSSR count). The third-order valence-corrected chi connectivity index (χ3v) is 6.17. The van der Waals surface area contributed by atoms with Crippen LogP contribution in [0.15, 0.2) is 41.3 Å². The summed E-state index contributed by atoms with van der Waals surface area (Å²) in [6.45, 7) is 3.73. The molecular formula is C20H22ClN3O6S. The molecule has 11 heteroatoms. The maximum Gasteiger partial charge on any atom is 0.242 e. The van der Waals surface area contributed by atoms with Crippen molar-refractivity contribution < 1.29 is 27.5 Å². The summed E-state index contributed by atoms with van der Waals surface area (Å²) < 4.78 is 38.6. The number of ether oxygens (including phenoxy) is 2. The van der Waals surface area contributed by atoms with Gasteiger partial charge in [-0.15, -0.1) is 0 Å². The molecule has 2 aromatic rings. The quantitative estimate of drug-likeness (QED) is 0.600. The van der Waals surface area contributed by atoms with Gasteiger partial charge in [0.1, 0.15) is 0 Å². The molecule has 0 unspecified atom stereocenters. The lowest BCUT2D eigenvalue weighted by atomic mass is 10.2. The number of hydrogen-bond donors (Lipinski definition) is 3. The Morgan fingerprint density at radius 1 is 1.03 bits per heavy atom. The van der Waals surface area contributed by atoms with E-state index in [2.05, 4.69) is 15.4 Å². The zero-order chi connectivity index (χ0) is 22.6. The van der Waals surface area contributed by atoms with E-state index in [1.807, 2.05) is 0 Å². The summed E-state index contributed by atoms with van der Waals surface area (Å²) in [7, 11) is -3.97. The average molecular weight is 468 g/mol. The number of rotatable bonds is 6. The van der Waals surface area contributed by atoms with E-state index in [-0.39, 0.29) is 21.5 Å². The lowest BCUT2D eigenvalue weighted by Crippen LogP contribution is -2.41. The van der Waals surface area contributed by atoms with Crippen molar-refractivity contribution in [2.24, 2.45) is 0 Å². The summed E-state index contributed by atoms with van der Waals surface area (Å²) in [6, 6.07) is 7.58. The van der Waals surface area contributed by atoms with Gasteiger partial charge in [-0.25, -0.2) is 8.42 Å². The van der Waals surface area contributed by atoms with E-state index in [9.17, 15) is 18.0 Å². The Hall–Kier alpha value is -2.82. The second-order valence-electron chi connectivity index (χ2n) is 6.87. The van der Waals surface area contributed by atoms with E-state index < -0.39 is 22.0 Å². The van der Waals surface area contributed by atoms with E-state index in [0.29, 0.717) is 30.4 Å². The van der Waals surface area contributed by atoms with E-state index >= 15 is 0 Å². The Balaban J connectivity index is 1.69. The fourth-order valence-electron chi connectivity index (χ4n) is 2.80. The normalized spacial score (nSPS) is 14.3. The van der Waals surface area contributed by atoms with Gasteiger partial charge in [0.25, 0.3) is 0 Å². The smallest absolute Gasteiger partial charge is 0.242 e. The Kier molecular flexibility index (Phi) is 7.04. The topological polar surface area (TPSA) is 123 Å². The van der Waals surface area contributed by atoms with E-state index in [4.69, 9.17) is 21.1 Å². The molecule has 2 amide bonds. The fraction of sp³-hybridized carbons (Fsp3) is 0.300. The largest absolute Gasteiger partial charge is 0.490 e. The van der Waals surface area contributed by atoms with E-state index in [1.165, 1.54) is 38.1 Å². The van der Waals surface area contributed by atoms with Crippen molar-refractivity contribution in [3.8, 4) is 11.5 Å². The van der Waals surface area contributed by atoms with Crippen molar-refractivity contribution in [3.63, 3.8) is 0 Å². The molecule has 0 aliphatic carbocycles. The minimum atomic E-state index is -3.97. The van der Waals surface area contributed by atoms with Crippen molar-refractivity contribution >= 4 is 44.8 Å². The second-order valence-corrected chi connectivity index (χ2v) is 8.99. The monoisotopic (exact) mass is 467 g/mol. The molecule has 1 atom stereocenters. The SMILES string of the molecule is CC(=O)Nc1ccc(S(=O)(=O)N[C@@H](C)C(=O)Nc2cc3c(cc2Cl)OCCCO3)cc1. The molecule has 1 aliphatic rings. The van der Waals surface area contributed by atoms with Gasteiger partial charge in [0.15, 0.2) is 11.5 Å². The minimum absolute atomic E-state index is 0.0464. The molecule has 0 spiro atoms. The van der Waals surface area contributed by atoms with Gasteiger partial charge in [-0.05, 0) is 31.2 Å². The number of amides is 2. The van der Waals surface area contributed by atoms with Gasteiger partial charge in [-0.3, -0.25) is 9.59 Å².